The van der Waals surface area contributed by atoms with Crippen LogP contribution >= 0.6 is 27.5 Å². The van der Waals surface area contributed by atoms with Gasteiger partial charge in [0.05, 0.1) is 6.33 Å². The van der Waals surface area contributed by atoms with Crippen LogP contribution in [0.15, 0.2) is 35.2 Å². The molecule has 84 valence electrons. The predicted octanol–water partition coefficient (Wildman–Crippen LogP) is 3.12. The lowest BCUT2D eigenvalue weighted by Crippen LogP contribution is -2.13. The molecule has 1 aromatic heterocycles. The van der Waals surface area contributed by atoms with Crippen LogP contribution < -0.4 is 5.32 Å². The maximum atomic E-state index is 5.93. The summed E-state index contributed by atoms with van der Waals surface area (Å²) in [4.78, 5) is 6.99. The molecule has 0 spiro atoms. The van der Waals surface area contributed by atoms with E-state index in [1.54, 1.807) is 12.5 Å². The standard InChI is InChI=1S/C11H11BrClN3/c12-11-2-1-9(13)3-8(11)4-14-5-10-6-15-7-16-10/h1-3,6-7,14H,4-5H2,(H,15,16). The van der Waals surface area contributed by atoms with E-state index in [4.69, 9.17) is 11.6 Å². The predicted molar refractivity (Wildman–Crippen MR) is 68.3 cm³/mol. The Bertz CT molecular complexity index is 456. The Labute approximate surface area is 107 Å². The normalized spacial score (nSPS) is 10.6. The molecule has 0 unspecified atom stereocenters. The van der Waals surface area contributed by atoms with Crippen molar-refractivity contribution in [2.75, 3.05) is 0 Å². The van der Waals surface area contributed by atoms with Crippen molar-refractivity contribution in [1.82, 2.24) is 15.3 Å². The van der Waals surface area contributed by atoms with E-state index in [1.165, 1.54) is 0 Å². The van der Waals surface area contributed by atoms with Crippen LogP contribution in [0.2, 0.25) is 5.02 Å². The molecular formula is C11H11BrClN3. The van der Waals surface area contributed by atoms with Crippen molar-refractivity contribution in [3.63, 3.8) is 0 Å². The summed E-state index contributed by atoms with van der Waals surface area (Å²) in [6.07, 6.45) is 3.48. The van der Waals surface area contributed by atoms with Gasteiger partial charge in [-0.2, -0.15) is 0 Å². The summed E-state index contributed by atoms with van der Waals surface area (Å²) >= 11 is 9.42. The van der Waals surface area contributed by atoms with E-state index < -0.39 is 0 Å². The summed E-state index contributed by atoms with van der Waals surface area (Å²) in [6, 6.07) is 5.77. The Hall–Kier alpha value is -0.840. The van der Waals surface area contributed by atoms with Crippen LogP contribution in [0.5, 0.6) is 0 Å². The molecule has 0 saturated heterocycles. The number of hydrogen-bond donors (Lipinski definition) is 2. The quantitative estimate of drug-likeness (QED) is 0.911. The van der Waals surface area contributed by atoms with Gasteiger partial charge in [-0.05, 0) is 23.8 Å². The minimum absolute atomic E-state index is 0.751. The molecule has 3 nitrogen and oxygen atoms in total. The molecule has 2 rings (SSSR count). The molecule has 0 fully saturated rings. The van der Waals surface area contributed by atoms with Crippen molar-refractivity contribution in [1.29, 1.82) is 0 Å². The molecule has 1 aromatic carbocycles. The third kappa shape index (κ3) is 3.07. The van der Waals surface area contributed by atoms with E-state index in [0.29, 0.717) is 0 Å². The Morgan fingerprint density at radius 1 is 1.38 bits per heavy atom. The van der Waals surface area contributed by atoms with Crippen LogP contribution in [0.1, 0.15) is 11.3 Å². The Kier molecular flexibility index (Phi) is 3.98. The third-order valence-corrected chi connectivity index (χ3v) is 3.20. The van der Waals surface area contributed by atoms with Crippen molar-refractivity contribution in [3.05, 3.63) is 51.5 Å². The molecule has 0 saturated carbocycles. The molecule has 0 aliphatic heterocycles. The van der Waals surface area contributed by atoms with Gasteiger partial charge in [0, 0.05) is 34.5 Å². The molecule has 0 atom stereocenters. The number of H-pyrrole nitrogens is 1. The Morgan fingerprint density at radius 3 is 3.00 bits per heavy atom. The molecular weight excluding hydrogens is 289 g/mol. The molecule has 0 bridgehead atoms. The zero-order chi connectivity index (χ0) is 11.4. The summed E-state index contributed by atoms with van der Waals surface area (Å²) in [5.41, 5.74) is 2.21. The molecule has 2 aromatic rings. The maximum absolute atomic E-state index is 5.93. The lowest BCUT2D eigenvalue weighted by molar-refractivity contribution is 0.680. The smallest absolute Gasteiger partial charge is 0.0922 e. The number of benzene rings is 1. The minimum atomic E-state index is 0.751. The molecule has 16 heavy (non-hydrogen) atoms. The molecule has 2 N–H and O–H groups in total. The van der Waals surface area contributed by atoms with E-state index in [-0.39, 0.29) is 0 Å². The first-order valence-electron chi connectivity index (χ1n) is 4.87. The van der Waals surface area contributed by atoms with Gasteiger partial charge in [-0.3, -0.25) is 0 Å². The zero-order valence-corrected chi connectivity index (χ0v) is 10.8. The van der Waals surface area contributed by atoms with Crippen LogP contribution in [0, 0.1) is 0 Å². The average molecular weight is 301 g/mol. The van der Waals surface area contributed by atoms with Crippen molar-refractivity contribution in [2.24, 2.45) is 0 Å². The Balaban J connectivity index is 1.92. The molecule has 0 amide bonds. The van der Waals surface area contributed by atoms with Gasteiger partial charge in [0.1, 0.15) is 0 Å². The first-order chi connectivity index (χ1) is 7.75. The van der Waals surface area contributed by atoms with Gasteiger partial charge >= 0.3 is 0 Å². The van der Waals surface area contributed by atoms with E-state index in [0.717, 1.165) is 33.8 Å². The molecule has 0 aliphatic rings. The topological polar surface area (TPSA) is 40.7 Å². The van der Waals surface area contributed by atoms with Gasteiger partial charge in [-0.25, -0.2) is 4.98 Å². The largest absolute Gasteiger partial charge is 0.347 e. The fraction of sp³-hybridized carbons (Fsp3) is 0.182. The van der Waals surface area contributed by atoms with E-state index in [1.807, 2.05) is 18.2 Å². The van der Waals surface area contributed by atoms with Crippen molar-refractivity contribution in [3.8, 4) is 0 Å². The van der Waals surface area contributed by atoms with E-state index >= 15 is 0 Å². The van der Waals surface area contributed by atoms with Crippen LogP contribution in [0.4, 0.5) is 0 Å². The van der Waals surface area contributed by atoms with Crippen molar-refractivity contribution >= 4 is 27.5 Å². The lowest BCUT2D eigenvalue weighted by atomic mass is 10.2. The summed E-state index contributed by atoms with van der Waals surface area (Å²) in [5, 5.41) is 4.06. The number of aromatic nitrogens is 2. The molecule has 0 radical (unpaired) electrons. The van der Waals surface area contributed by atoms with Gasteiger partial charge < -0.3 is 10.3 Å². The number of halogens is 2. The maximum Gasteiger partial charge on any atom is 0.0922 e. The Morgan fingerprint density at radius 2 is 2.25 bits per heavy atom. The van der Waals surface area contributed by atoms with Gasteiger partial charge in [0.2, 0.25) is 0 Å². The van der Waals surface area contributed by atoms with Crippen LogP contribution in [-0.4, -0.2) is 9.97 Å². The second-order valence-electron chi connectivity index (χ2n) is 3.42. The van der Waals surface area contributed by atoms with Gasteiger partial charge in [-0.15, -0.1) is 0 Å². The second kappa shape index (κ2) is 5.48. The highest BCUT2D eigenvalue weighted by Crippen LogP contribution is 2.20. The highest BCUT2D eigenvalue weighted by molar-refractivity contribution is 9.10. The average Bonchev–Trinajstić information content (AvgIpc) is 2.76. The SMILES string of the molecule is Clc1ccc(Br)c(CNCc2cnc[nH]2)c1. The summed E-state index contributed by atoms with van der Waals surface area (Å²) in [6.45, 7) is 1.53. The third-order valence-electron chi connectivity index (χ3n) is 2.19. The van der Waals surface area contributed by atoms with Gasteiger partial charge in [0.15, 0.2) is 0 Å². The first kappa shape index (κ1) is 11.6. The number of imidazole rings is 1. The number of rotatable bonds is 4. The molecule has 0 aliphatic carbocycles. The lowest BCUT2D eigenvalue weighted by Gasteiger charge is -2.06. The highest BCUT2D eigenvalue weighted by Gasteiger charge is 2.01. The van der Waals surface area contributed by atoms with Crippen molar-refractivity contribution in [2.45, 2.75) is 13.1 Å². The van der Waals surface area contributed by atoms with Crippen LogP contribution in [0.3, 0.4) is 0 Å². The summed E-state index contributed by atoms with van der Waals surface area (Å²) in [7, 11) is 0. The monoisotopic (exact) mass is 299 g/mol. The van der Waals surface area contributed by atoms with Gasteiger partial charge in [0.25, 0.3) is 0 Å². The highest BCUT2D eigenvalue weighted by atomic mass is 79.9. The number of nitrogens with one attached hydrogen (secondary N) is 2. The molecule has 5 heteroatoms. The summed E-state index contributed by atoms with van der Waals surface area (Å²) in [5.74, 6) is 0. The van der Waals surface area contributed by atoms with E-state index in [9.17, 15) is 0 Å². The van der Waals surface area contributed by atoms with E-state index in [2.05, 4.69) is 31.2 Å². The van der Waals surface area contributed by atoms with Crippen LogP contribution in [0.25, 0.3) is 0 Å². The number of aromatic amines is 1. The van der Waals surface area contributed by atoms with Gasteiger partial charge in [-0.1, -0.05) is 27.5 Å². The van der Waals surface area contributed by atoms with Crippen molar-refractivity contribution < 1.29 is 0 Å². The second-order valence-corrected chi connectivity index (χ2v) is 4.71. The number of nitrogens with zero attached hydrogens (tertiary/aromatic N) is 1. The zero-order valence-electron chi connectivity index (χ0n) is 8.50. The van der Waals surface area contributed by atoms with Crippen LogP contribution in [-0.2, 0) is 13.1 Å². The summed E-state index contributed by atoms with van der Waals surface area (Å²) < 4.78 is 1.06. The molecule has 1 heterocycles. The fourth-order valence-electron chi connectivity index (χ4n) is 1.39. The fourth-order valence-corrected chi connectivity index (χ4v) is 1.97. The minimum Gasteiger partial charge on any atom is -0.347 e. The number of hydrogen-bond acceptors (Lipinski definition) is 2. The first-order valence-corrected chi connectivity index (χ1v) is 6.04.